The van der Waals surface area contributed by atoms with Crippen LogP contribution < -0.4 is 5.32 Å². The summed E-state index contributed by atoms with van der Waals surface area (Å²) >= 11 is 0. The van der Waals surface area contributed by atoms with Gasteiger partial charge < -0.3 is 5.32 Å². The number of benzene rings is 1. The molecule has 1 aliphatic heterocycles. The third-order valence-electron chi connectivity index (χ3n) is 2.61. The molecular formula is C14H11N. The van der Waals surface area contributed by atoms with Gasteiger partial charge in [-0.1, -0.05) is 42.5 Å². The highest BCUT2D eigenvalue weighted by atomic mass is 14.9. The first-order valence-electron chi connectivity index (χ1n) is 5.07. The Balaban J connectivity index is 2.17. The van der Waals surface area contributed by atoms with Gasteiger partial charge in [0.25, 0.3) is 0 Å². The van der Waals surface area contributed by atoms with Crippen molar-refractivity contribution in [2.45, 2.75) is 0 Å². The Hall–Kier alpha value is -2.02. The largest absolute Gasteiger partial charge is 0.355 e. The van der Waals surface area contributed by atoms with Crippen LogP contribution in [0.3, 0.4) is 0 Å². The molecule has 1 heteroatoms. The van der Waals surface area contributed by atoms with Crippen LogP contribution in [0.25, 0.3) is 6.08 Å². The Morgan fingerprint density at radius 3 is 2.87 bits per heavy atom. The van der Waals surface area contributed by atoms with Gasteiger partial charge in [-0.2, -0.15) is 0 Å². The summed E-state index contributed by atoms with van der Waals surface area (Å²) < 4.78 is 0. The van der Waals surface area contributed by atoms with Gasteiger partial charge in [-0.05, 0) is 29.4 Å². The Morgan fingerprint density at radius 1 is 0.933 bits per heavy atom. The number of anilines is 1. The summed E-state index contributed by atoms with van der Waals surface area (Å²) in [5, 5.41) is 3.43. The number of hydrogen-bond acceptors (Lipinski definition) is 1. The molecule has 2 aliphatic rings. The minimum absolute atomic E-state index is 1.17. The number of allylic oxidation sites excluding steroid dienone is 5. The lowest BCUT2D eigenvalue weighted by atomic mass is 10.0. The number of nitrogens with one attached hydrogen (secondary N) is 1. The van der Waals surface area contributed by atoms with Gasteiger partial charge >= 0.3 is 0 Å². The van der Waals surface area contributed by atoms with E-state index >= 15 is 0 Å². The summed E-state index contributed by atoms with van der Waals surface area (Å²) in [6.45, 7) is 0. The number of hydrogen-bond donors (Lipinski definition) is 1. The Bertz CT molecular complexity index is 516. The molecule has 0 unspecified atom stereocenters. The fourth-order valence-electron chi connectivity index (χ4n) is 1.85. The topological polar surface area (TPSA) is 12.0 Å². The summed E-state index contributed by atoms with van der Waals surface area (Å²) in [7, 11) is 0. The molecule has 0 saturated carbocycles. The Labute approximate surface area is 89.1 Å². The van der Waals surface area contributed by atoms with Gasteiger partial charge in [0, 0.05) is 11.4 Å². The zero-order chi connectivity index (χ0) is 10.1. The van der Waals surface area contributed by atoms with Crippen LogP contribution in [0, 0.1) is 0 Å². The lowest BCUT2D eigenvalue weighted by molar-refractivity contribution is 1.38. The van der Waals surface area contributed by atoms with Crippen molar-refractivity contribution in [3.05, 3.63) is 71.5 Å². The van der Waals surface area contributed by atoms with Crippen molar-refractivity contribution in [2.75, 3.05) is 5.32 Å². The summed E-state index contributed by atoms with van der Waals surface area (Å²) in [6.07, 6.45) is 12.6. The van der Waals surface area contributed by atoms with Crippen LogP contribution in [0.2, 0.25) is 0 Å². The molecule has 0 fully saturated rings. The zero-order valence-corrected chi connectivity index (χ0v) is 8.27. The second kappa shape index (κ2) is 3.28. The molecule has 0 atom stereocenters. The van der Waals surface area contributed by atoms with E-state index in [1.54, 1.807) is 0 Å². The molecule has 1 nitrogen and oxygen atoms in total. The number of para-hydroxylation sites is 1. The Kier molecular flexibility index (Phi) is 1.82. The van der Waals surface area contributed by atoms with Crippen LogP contribution in [-0.4, -0.2) is 0 Å². The quantitative estimate of drug-likeness (QED) is 0.665. The van der Waals surface area contributed by atoms with Crippen molar-refractivity contribution in [3.8, 4) is 0 Å². The van der Waals surface area contributed by atoms with E-state index in [0.29, 0.717) is 0 Å². The van der Waals surface area contributed by atoms with E-state index in [-0.39, 0.29) is 0 Å². The monoisotopic (exact) mass is 193 g/mol. The molecule has 0 radical (unpaired) electrons. The molecule has 1 aromatic rings. The van der Waals surface area contributed by atoms with Crippen LogP contribution in [0.15, 0.2) is 65.9 Å². The molecule has 0 bridgehead atoms. The molecule has 0 saturated heterocycles. The van der Waals surface area contributed by atoms with Gasteiger partial charge in [-0.3, -0.25) is 0 Å². The van der Waals surface area contributed by atoms with Crippen molar-refractivity contribution in [1.82, 2.24) is 0 Å². The highest BCUT2D eigenvalue weighted by Gasteiger charge is 2.11. The molecule has 1 aliphatic carbocycles. The predicted molar refractivity (Wildman–Crippen MR) is 64.4 cm³/mol. The second-order valence-corrected chi connectivity index (χ2v) is 3.64. The fourth-order valence-corrected chi connectivity index (χ4v) is 1.85. The molecule has 0 amide bonds. The molecule has 3 rings (SSSR count). The number of rotatable bonds is 0. The van der Waals surface area contributed by atoms with Crippen molar-refractivity contribution in [1.29, 1.82) is 0 Å². The van der Waals surface area contributed by atoms with E-state index < -0.39 is 0 Å². The van der Waals surface area contributed by atoms with Crippen LogP contribution in [0.4, 0.5) is 5.69 Å². The first kappa shape index (κ1) is 8.30. The van der Waals surface area contributed by atoms with Gasteiger partial charge in [0.05, 0.1) is 0 Å². The van der Waals surface area contributed by atoms with E-state index in [9.17, 15) is 0 Å². The van der Waals surface area contributed by atoms with Crippen molar-refractivity contribution in [3.63, 3.8) is 0 Å². The molecule has 0 spiro atoms. The van der Waals surface area contributed by atoms with E-state index in [1.165, 1.54) is 22.5 Å². The van der Waals surface area contributed by atoms with Crippen molar-refractivity contribution >= 4 is 11.8 Å². The van der Waals surface area contributed by atoms with E-state index in [1.807, 2.05) is 18.2 Å². The van der Waals surface area contributed by atoms with E-state index in [4.69, 9.17) is 0 Å². The van der Waals surface area contributed by atoms with Crippen LogP contribution in [-0.2, 0) is 0 Å². The first-order chi connectivity index (χ1) is 7.43. The maximum absolute atomic E-state index is 3.43. The SMILES string of the molecule is C1=CC=C2Nc3ccccc3C=C2C=C1. The fraction of sp³-hybridized carbons (Fsp3) is 0. The minimum atomic E-state index is 1.17. The molecule has 1 aromatic carbocycles. The molecular weight excluding hydrogens is 182 g/mol. The van der Waals surface area contributed by atoms with Gasteiger partial charge in [-0.25, -0.2) is 0 Å². The average molecular weight is 193 g/mol. The molecule has 1 heterocycles. The zero-order valence-electron chi connectivity index (χ0n) is 8.27. The second-order valence-electron chi connectivity index (χ2n) is 3.64. The van der Waals surface area contributed by atoms with E-state index in [2.05, 4.69) is 47.8 Å². The third-order valence-corrected chi connectivity index (χ3v) is 2.61. The van der Waals surface area contributed by atoms with Gasteiger partial charge in [-0.15, -0.1) is 0 Å². The normalized spacial score (nSPS) is 16.8. The minimum Gasteiger partial charge on any atom is -0.355 e. The molecule has 15 heavy (non-hydrogen) atoms. The lowest BCUT2D eigenvalue weighted by Gasteiger charge is -2.19. The van der Waals surface area contributed by atoms with E-state index in [0.717, 1.165) is 0 Å². The molecule has 1 N–H and O–H groups in total. The highest BCUT2D eigenvalue weighted by Crippen LogP contribution is 2.30. The van der Waals surface area contributed by atoms with Crippen LogP contribution >= 0.6 is 0 Å². The van der Waals surface area contributed by atoms with Gasteiger partial charge in [0.15, 0.2) is 0 Å². The number of fused-ring (bicyclic) bond motifs is 2. The molecule has 72 valence electrons. The maximum Gasteiger partial charge on any atom is 0.0458 e. The van der Waals surface area contributed by atoms with Crippen molar-refractivity contribution < 1.29 is 0 Å². The third kappa shape index (κ3) is 1.42. The van der Waals surface area contributed by atoms with Crippen molar-refractivity contribution in [2.24, 2.45) is 0 Å². The van der Waals surface area contributed by atoms with Crippen LogP contribution in [0.5, 0.6) is 0 Å². The molecule has 0 aromatic heterocycles. The standard InChI is InChI=1S/C14H11N/c1-2-6-11-10-12-7-4-5-9-14(12)15-13(11)8-3-1/h1-10,15H. The summed E-state index contributed by atoms with van der Waals surface area (Å²) in [6, 6.07) is 8.33. The first-order valence-corrected chi connectivity index (χ1v) is 5.07. The van der Waals surface area contributed by atoms with Crippen LogP contribution in [0.1, 0.15) is 5.56 Å². The average Bonchev–Trinajstić information content (AvgIpc) is 2.50. The Morgan fingerprint density at radius 2 is 1.87 bits per heavy atom. The smallest absolute Gasteiger partial charge is 0.0458 e. The summed E-state index contributed by atoms with van der Waals surface area (Å²) in [5.41, 5.74) is 4.82. The lowest BCUT2D eigenvalue weighted by Crippen LogP contribution is -2.06. The highest BCUT2D eigenvalue weighted by molar-refractivity contribution is 5.80. The predicted octanol–water partition coefficient (Wildman–Crippen LogP) is 3.51. The summed E-state index contributed by atoms with van der Waals surface area (Å²) in [5.74, 6) is 0. The maximum atomic E-state index is 3.43. The summed E-state index contributed by atoms with van der Waals surface area (Å²) in [4.78, 5) is 0. The van der Waals surface area contributed by atoms with Gasteiger partial charge in [0.1, 0.15) is 0 Å². The van der Waals surface area contributed by atoms with Gasteiger partial charge in [0.2, 0.25) is 0 Å².